The normalized spacial score (nSPS) is 13.9. The van der Waals surface area contributed by atoms with Gasteiger partial charge in [-0.3, -0.25) is 13.5 Å². The van der Waals surface area contributed by atoms with Crippen LogP contribution in [0.3, 0.4) is 0 Å². The van der Waals surface area contributed by atoms with Crippen molar-refractivity contribution in [2.75, 3.05) is 23.7 Å². The number of hydrogen-bond acceptors (Lipinski definition) is 7. The van der Waals surface area contributed by atoms with Crippen molar-refractivity contribution >= 4 is 33.1 Å². The highest BCUT2D eigenvalue weighted by Gasteiger charge is 2.25. The molecule has 1 aliphatic rings. The molecule has 4 rings (SSSR count). The zero-order valence-electron chi connectivity index (χ0n) is 16.5. The third kappa shape index (κ3) is 3.78. The summed E-state index contributed by atoms with van der Waals surface area (Å²) in [6, 6.07) is 8.08. The van der Waals surface area contributed by atoms with Gasteiger partial charge in [0.25, 0.3) is 0 Å². The molecular weight excluding hydrogens is 408 g/mol. The predicted octanol–water partition coefficient (Wildman–Crippen LogP) is 1.79. The Bertz CT molecular complexity index is 1270. The van der Waals surface area contributed by atoms with Crippen molar-refractivity contribution in [3.8, 4) is 0 Å². The number of benzene rings is 1. The third-order valence-electron chi connectivity index (χ3n) is 5.02. The minimum atomic E-state index is -3.37. The van der Waals surface area contributed by atoms with Crippen LogP contribution < -0.4 is 4.31 Å². The molecule has 0 N–H and O–H groups in total. The number of aromatic nitrogens is 3. The quantitative estimate of drug-likeness (QED) is 0.450. The fraction of sp³-hybridized carbons (Fsp3) is 0.300. The number of sulfonamides is 1. The molecule has 0 fully saturated rings. The first kappa shape index (κ1) is 20.0. The van der Waals surface area contributed by atoms with Gasteiger partial charge in [0.1, 0.15) is 5.82 Å². The molecule has 0 aliphatic carbocycles. The van der Waals surface area contributed by atoms with Gasteiger partial charge >= 0.3 is 5.97 Å². The molecule has 3 heterocycles. The van der Waals surface area contributed by atoms with Gasteiger partial charge in [0.15, 0.2) is 18.0 Å². The predicted molar refractivity (Wildman–Crippen MR) is 109 cm³/mol. The first-order valence-electron chi connectivity index (χ1n) is 9.36. The summed E-state index contributed by atoms with van der Waals surface area (Å²) >= 11 is 0. The molecule has 0 spiro atoms. The molecule has 156 valence electrons. The second-order valence-electron chi connectivity index (χ2n) is 7.17. The van der Waals surface area contributed by atoms with Gasteiger partial charge in [-0.2, -0.15) is 0 Å². The topological polar surface area (TPSA) is 111 Å². The summed E-state index contributed by atoms with van der Waals surface area (Å²) in [5.41, 5.74) is 2.65. The van der Waals surface area contributed by atoms with E-state index in [1.807, 2.05) is 0 Å². The minimum absolute atomic E-state index is 0.285. The molecule has 0 atom stereocenters. The van der Waals surface area contributed by atoms with Crippen molar-refractivity contribution in [3.05, 3.63) is 59.0 Å². The molecule has 30 heavy (non-hydrogen) atoms. The second-order valence-corrected chi connectivity index (χ2v) is 9.08. The van der Waals surface area contributed by atoms with E-state index in [4.69, 9.17) is 4.74 Å². The van der Waals surface area contributed by atoms with Gasteiger partial charge in [-0.25, -0.2) is 13.2 Å². The summed E-state index contributed by atoms with van der Waals surface area (Å²) in [6.07, 6.45) is 4.09. The van der Waals surface area contributed by atoms with Gasteiger partial charge in [0.05, 0.1) is 17.5 Å². The van der Waals surface area contributed by atoms with Crippen LogP contribution in [0.1, 0.15) is 38.5 Å². The van der Waals surface area contributed by atoms with Crippen molar-refractivity contribution in [3.63, 3.8) is 0 Å². The highest BCUT2D eigenvalue weighted by atomic mass is 32.2. The van der Waals surface area contributed by atoms with Gasteiger partial charge in [-0.1, -0.05) is 0 Å². The molecule has 1 aromatic carbocycles. The summed E-state index contributed by atoms with van der Waals surface area (Å²) in [5.74, 6) is -0.350. The van der Waals surface area contributed by atoms with Gasteiger partial charge < -0.3 is 4.74 Å². The fourth-order valence-electron chi connectivity index (χ4n) is 3.50. The van der Waals surface area contributed by atoms with E-state index in [-0.39, 0.29) is 11.3 Å². The number of fused-ring (bicyclic) bond motifs is 2. The number of esters is 1. The van der Waals surface area contributed by atoms with Crippen LogP contribution in [0.4, 0.5) is 5.69 Å². The Balaban J connectivity index is 1.47. The minimum Gasteiger partial charge on any atom is -0.454 e. The Hall–Kier alpha value is -3.27. The van der Waals surface area contributed by atoms with E-state index in [2.05, 4.69) is 10.2 Å². The zero-order chi connectivity index (χ0) is 21.5. The van der Waals surface area contributed by atoms with Crippen molar-refractivity contribution < 1.29 is 22.7 Å². The molecule has 9 nitrogen and oxygen atoms in total. The molecule has 0 amide bonds. The van der Waals surface area contributed by atoms with Gasteiger partial charge in [-0.15, -0.1) is 10.2 Å². The summed E-state index contributed by atoms with van der Waals surface area (Å²) in [4.78, 5) is 24.9. The maximum Gasteiger partial charge on any atom is 0.340 e. The number of ketones is 1. The van der Waals surface area contributed by atoms with E-state index in [0.29, 0.717) is 42.1 Å². The molecular formula is C20H20N4O5S. The van der Waals surface area contributed by atoms with Crippen LogP contribution in [-0.2, 0) is 21.2 Å². The zero-order valence-corrected chi connectivity index (χ0v) is 17.3. The van der Waals surface area contributed by atoms with E-state index < -0.39 is 22.6 Å². The molecule has 0 bridgehead atoms. The lowest BCUT2D eigenvalue weighted by atomic mass is 9.99. The number of anilines is 1. The monoisotopic (exact) mass is 428 g/mol. The van der Waals surface area contributed by atoms with Crippen molar-refractivity contribution in [2.45, 2.75) is 19.8 Å². The largest absolute Gasteiger partial charge is 0.454 e. The Morgan fingerprint density at radius 2 is 1.90 bits per heavy atom. The Kier molecular flexibility index (Phi) is 5.02. The number of hydrogen-bond donors (Lipinski definition) is 0. The molecule has 3 aromatic rings. The lowest BCUT2D eigenvalue weighted by molar-refractivity contribution is 0.0474. The van der Waals surface area contributed by atoms with Gasteiger partial charge in [0, 0.05) is 18.3 Å². The van der Waals surface area contributed by atoms with Crippen LogP contribution in [0.2, 0.25) is 0 Å². The number of nitrogens with zero attached hydrogens (tertiary/aromatic N) is 4. The van der Waals surface area contributed by atoms with E-state index in [1.165, 1.54) is 10.6 Å². The van der Waals surface area contributed by atoms with E-state index in [1.54, 1.807) is 47.9 Å². The van der Waals surface area contributed by atoms with Crippen molar-refractivity contribution in [1.29, 1.82) is 0 Å². The summed E-state index contributed by atoms with van der Waals surface area (Å²) in [5, 5.41) is 7.89. The Morgan fingerprint density at radius 3 is 2.67 bits per heavy atom. The maximum absolute atomic E-state index is 12.5. The first-order chi connectivity index (χ1) is 14.2. The Labute approximate surface area is 173 Å². The number of Topliss-reactive ketones (excluding diaryl/α,β-unsaturated/α-hetero) is 1. The van der Waals surface area contributed by atoms with Crippen LogP contribution >= 0.6 is 0 Å². The molecule has 0 radical (unpaired) electrons. The smallest absolute Gasteiger partial charge is 0.340 e. The van der Waals surface area contributed by atoms with Crippen molar-refractivity contribution in [1.82, 2.24) is 14.6 Å². The average molecular weight is 428 g/mol. The Morgan fingerprint density at radius 1 is 1.13 bits per heavy atom. The molecule has 2 aromatic heterocycles. The number of aryl methyl sites for hydroxylation is 2. The highest BCUT2D eigenvalue weighted by Crippen LogP contribution is 2.30. The van der Waals surface area contributed by atoms with Crippen LogP contribution in [0.15, 0.2) is 36.5 Å². The number of ether oxygens (including phenoxy) is 1. The van der Waals surface area contributed by atoms with Crippen LogP contribution in [0.5, 0.6) is 0 Å². The summed E-state index contributed by atoms with van der Waals surface area (Å²) in [6.45, 7) is 1.78. The standard InChI is InChI=1S/C20H20N4O5S/c1-13-21-22-19-8-6-16(11-23(13)19)20(26)29-12-18(25)15-5-7-17-14(10-15)4-3-9-24(17)30(2,27)28/h5-8,10-11H,3-4,9,12H2,1-2H3. The third-order valence-corrected chi connectivity index (χ3v) is 6.20. The lowest BCUT2D eigenvalue weighted by Crippen LogP contribution is -2.34. The van der Waals surface area contributed by atoms with E-state index >= 15 is 0 Å². The van der Waals surface area contributed by atoms with E-state index in [0.717, 1.165) is 5.56 Å². The number of carbonyl (C=O) groups is 2. The summed E-state index contributed by atoms with van der Waals surface area (Å²) in [7, 11) is -3.37. The molecule has 10 heteroatoms. The molecule has 0 saturated carbocycles. The maximum atomic E-state index is 12.5. The van der Waals surface area contributed by atoms with Gasteiger partial charge in [0.2, 0.25) is 10.0 Å². The summed E-state index contributed by atoms with van der Waals surface area (Å²) < 4.78 is 32.1. The van der Waals surface area contributed by atoms with Gasteiger partial charge in [-0.05, 0) is 55.7 Å². The number of pyridine rings is 1. The molecule has 1 aliphatic heterocycles. The van der Waals surface area contributed by atoms with Crippen LogP contribution in [0.25, 0.3) is 5.65 Å². The second kappa shape index (κ2) is 7.52. The molecule has 0 saturated heterocycles. The van der Waals surface area contributed by atoms with Crippen molar-refractivity contribution in [2.24, 2.45) is 0 Å². The van der Waals surface area contributed by atoms with E-state index in [9.17, 15) is 18.0 Å². The highest BCUT2D eigenvalue weighted by molar-refractivity contribution is 7.92. The molecule has 0 unspecified atom stereocenters. The number of rotatable bonds is 5. The fourth-order valence-corrected chi connectivity index (χ4v) is 4.50. The number of carbonyl (C=O) groups excluding carboxylic acids is 2. The van der Waals surface area contributed by atoms with Crippen LogP contribution in [-0.4, -0.2) is 54.2 Å². The first-order valence-corrected chi connectivity index (χ1v) is 11.2. The lowest BCUT2D eigenvalue weighted by Gasteiger charge is -2.29. The average Bonchev–Trinajstić information content (AvgIpc) is 3.10. The van der Waals surface area contributed by atoms with Crippen LogP contribution in [0, 0.1) is 6.92 Å². The SMILES string of the molecule is Cc1nnc2ccc(C(=O)OCC(=O)c3ccc4c(c3)CCCN4S(C)(=O)=O)cn12.